The minimum atomic E-state index is -3.89. The molecular formula is C20H24N4O5S3. The van der Waals surface area contributed by atoms with Crippen molar-refractivity contribution in [2.24, 2.45) is 5.92 Å². The molecular weight excluding hydrogens is 472 g/mol. The Balaban J connectivity index is 1.72. The van der Waals surface area contributed by atoms with Gasteiger partial charge in [0, 0.05) is 26.2 Å². The van der Waals surface area contributed by atoms with Crippen LogP contribution in [0.25, 0.3) is 0 Å². The maximum atomic E-state index is 13.1. The second kappa shape index (κ2) is 9.68. The molecule has 172 valence electrons. The highest BCUT2D eigenvalue weighted by Crippen LogP contribution is 2.22. The third kappa shape index (κ3) is 5.02. The number of sulfonamides is 2. The van der Waals surface area contributed by atoms with Crippen LogP contribution in [0.5, 0.6) is 0 Å². The van der Waals surface area contributed by atoms with E-state index in [2.05, 4.69) is 4.72 Å². The lowest BCUT2D eigenvalue weighted by atomic mass is 10.0. The van der Waals surface area contributed by atoms with Crippen LogP contribution in [0.4, 0.5) is 0 Å². The van der Waals surface area contributed by atoms with Crippen LogP contribution in [0.1, 0.15) is 19.4 Å². The minimum Gasteiger partial charge on any atom is -0.339 e. The van der Waals surface area contributed by atoms with Gasteiger partial charge in [-0.3, -0.25) is 4.79 Å². The van der Waals surface area contributed by atoms with Gasteiger partial charge >= 0.3 is 0 Å². The quantitative estimate of drug-likeness (QED) is 0.618. The predicted molar refractivity (Wildman–Crippen MR) is 120 cm³/mol. The number of rotatable bonds is 7. The van der Waals surface area contributed by atoms with Crippen LogP contribution < -0.4 is 4.72 Å². The van der Waals surface area contributed by atoms with Crippen molar-refractivity contribution in [2.45, 2.75) is 29.0 Å². The van der Waals surface area contributed by atoms with Gasteiger partial charge < -0.3 is 4.90 Å². The Kier molecular flexibility index (Phi) is 7.36. The zero-order chi connectivity index (χ0) is 23.5. The van der Waals surface area contributed by atoms with E-state index in [1.165, 1.54) is 27.4 Å². The summed E-state index contributed by atoms with van der Waals surface area (Å²) in [5.41, 5.74) is 0.0638. The number of amides is 1. The van der Waals surface area contributed by atoms with Gasteiger partial charge in [0.1, 0.15) is 16.3 Å². The lowest BCUT2D eigenvalue weighted by molar-refractivity contribution is -0.135. The highest BCUT2D eigenvalue weighted by molar-refractivity contribution is 7.91. The van der Waals surface area contributed by atoms with Gasteiger partial charge in [0.15, 0.2) is 0 Å². The van der Waals surface area contributed by atoms with E-state index in [1.807, 2.05) is 6.07 Å². The Morgan fingerprint density at radius 3 is 2.28 bits per heavy atom. The summed E-state index contributed by atoms with van der Waals surface area (Å²) < 4.78 is 55.1. The molecule has 2 heterocycles. The number of nitrogens with one attached hydrogen (secondary N) is 1. The number of benzene rings is 1. The fourth-order valence-corrected chi connectivity index (χ4v) is 7.29. The van der Waals surface area contributed by atoms with Crippen LogP contribution in [0, 0.1) is 17.2 Å². The van der Waals surface area contributed by atoms with E-state index >= 15 is 0 Å². The molecule has 12 heteroatoms. The van der Waals surface area contributed by atoms with Gasteiger partial charge in [-0.25, -0.2) is 16.8 Å². The molecule has 1 atom stereocenters. The van der Waals surface area contributed by atoms with E-state index in [-0.39, 0.29) is 46.8 Å². The maximum absolute atomic E-state index is 13.1. The summed E-state index contributed by atoms with van der Waals surface area (Å²) in [5.74, 6) is -0.698. The van der Waals surface area contributed by atoms with E-state index in [0.29, 0.717) is 0 Å². The van der Waals surface area contributed by atoms with E-state index < -0.39 is 32.0 Å². The molecule has 0 spiro atoms. The number of carbonyl (C=O) groups excluding carboxylic acids is 1. The molecule has 32 heavy (non-hydrogen) atoms. The Bertz CT molecular complexity index is 1210. The molecule has 0 radical (unpaired) electrons. The molecule has 9 nitrogen and oxygen atoms in total. The van der Waals surface area contributed by atoms with Crippen LogP contribution in [0.3, 0.4) is 0 Å². The van der Waals surface area contributed by atoms with Crippen molar-refractivity contribution >= 4 is 37.3 Å². The Hall–Kier alpha value is -2.30. The summed E-state index contributed by atoms with van der Waals surface area (Å²) in [7, 11) is -7.72. The SMILES string of the molecule is CC(C)[C@H](NS(=O)(=O)c1cccs1)C(=O)N1CCN(S(=O)(=O)c2ccccc2C#N)CC1. The van der Waals surface area contributed by atoms with E-state index in [4.69, 9.17) is 0 Å². The molecule has 0 bridgehead atoms. The molecule has 1 aliphatic heterocycles. The third-order valence-corrected chi connectivity index (χ3v) is 9.95. The Labute approximate surface area is 192 Å². The Morgan fingerprint density at radius 2 is 1.72 bits per heavy atom. The van der Waals surface area contributed by atoms with Crippen molar-refractivity contribution in [1.82, 2.24) is 13.9 Å². The number of hydrogen-bond acceptors (Lipinski definition) is 7. The van der Waals surface area contributed by atoms with E-state index in [1.54, 1.807) is 37.4 Å². The van der Waals surface area contributed by atoms with Crippen LogP contribution in [-0.2, 0) is 24.8 Å². The van der Waals surface area contributed by atoms with Crippen molar-refractivity contribution in [2.75, 3.05) is 26.2 Å². The lowest BCUT2D eigenvalue weighted by Gasteiger charge is -2.36. The van der Waals surface area contributed by atoms with Gasteiger partial charge in [-0.05, 0) is 29.5 Å². The van der Waals surface area contributed by atoms with Gasteiger partial charge in [0.05, 0.1) is 10.5 Å². The first kappa shape index (κ1) is 24.3. The highest BCUT2D eigenvalue weighted by atomic mass is 32.2. The highest BCUT2D eigenvalue weighted by Gasteiger charge is 2.36. The topological polar surface area (TPSA) is 128 Å². The molecule has 1 saturated heterocycles. The molecule has 0 saturated carbocycles. The van der Waals surface area contributed by atoms with Crippen LogP contribution in [0.2, 0.25) is 0 Å². The molecule has 3 rings (SSSR count). The second-order valence-corrected chi connectivity index (χ2v) is 12.4. The number of hydrogen-bond donors (Lipinski definition) is 1. The number of nitriles is 1. The molecule has 1 fully saturated rings. The largest absolute Gasteiger partial charge is 0.339 e. The van der Waals surface area contributed by atoms with Crippen molar-refractivity contribution in [1.29, 1.82) is 5.26 Å². The van der Waals surface area contributed by atoms with Gasteiger partial charge in [-0.1, -0.05) is 32.0 Å². The van der Waals surface area contributed by atoms with Crippen LogP contribution in [0.15, 0.2) is 50.9 Å². The van der Waals surface area contributed by atoms with Crippen molar-refractivity contribution in [3.05, 3.63) is 47.3 Å². The molecule has 0 aliphatic carbocycles. The molecule has 1 N–H and O–H groups in total. The zero-order valence-corrected chi connectivity index (χ0v) is 20.1. The molecule has 1 amide bonds. The fourth-order valence-electron chi connectivity index (χ4n) is 3.38. The average Bonchev–Trinajstić information content (AvgIpc) is 3.33. The summed E-state index contributed by atoms with van der Waals surface area (Å²) >= 11 is 1.06. The van der Waals surface area contributed by atoms with Crippen molar-refractivity contribution in [3.8, 4) is 6.07 Å². The molecule has 1 aromatic carbocycles. The van der Waals surface area contributed by atoms with Gasteiger partial charge in [0.25, 0.3) is 10.0 Å². The summed E-state index contributed by atoms with van der Waals surface area (Å²) in [4.78, 5) is 14.5. The molecule has 1 aromatic heterocycles. The molecule has 2 aromatic rings. The third-order valence-electron chi connectivity index (χ3n) is 5.15. The number of carbonyl (C=O) groups is 1. The van der Waals surface area contributed by atoms with Crippen molar-refractivity contribution in [3.63, 3.8) is 0 Å². The monoisotopic (exact) mass is 496 g/mol. The second-order valence-electron chi connectivity index (χ2n) is 7.61. The van der Waals surface area contributed by atoms with Crippen molar-refractivity contribution < 1.29 is 21.6 Å². The predicted octanol–water partition coefficient (Wildman–Crippen LogP) is 1.46. The smallest absolute Gasteiger partial charge is 0.250 e. The summed E-state index contributed by atoms with van der Waals surface area (Å²) in [6.45, 7) is 3.85. The van der Waals surface area contributed by atoms with Gasteiger partial charge in [0.2, 0.25) is 15.9 Å². The van der Waals surface area contributed by atoms with E-state index in [9.17, 15) is 26.9 Å². The van der Waals surface area contributed by atoms with Crippen LogP contribution in [-0.4, -0.2) is 64.2 Å². The minimum absolute atomic E-state index is 0.0519. The fraction of sp³-hybridized carbons (Fsp3) is 0.400. The first-order valence-electron chi connectivity index (χ1n) is 9.92. The average molecular weight is 497 g/mol. The lowest BCUT2D eigenvalue weighted by Crippen LogP contribution is -2.57. The maximum Gasteiger partial charge on any atom is 0.250 e. The first-order chi connectivity index (χ1) is 15.1. The first-order valence-corrected chi connectivity index (χ1v) is 13.7. The normalized spacial score (nSPS) is 16.6. The molecule has 1 aliphatic rings. The molecule has 0 unspecified atom stereocenters. The zero-order valence-electron chi connectivity index (χ0n) is 17.6. The van der Waals surface area contributed by atoms with Gasteiger partial charge in [-0.15, -0.1) is 11.3 Å². The van der Waals surface area contributed by atoms with E-state index in [0.717, 1.165) is 11.3 Å². The number of piperazine rings is 1. The summed E-state index contributed by atoms with van der Waals surface area (Å²) in [6.07, 6.45) is 0. The Morgan fingerprint density at radius 1 is 1.06 bits per heavy atom. The van der Waals surface area contributed by atoms with Gasteiger partial charge in [-0.2, -0.15) is 14.3 Å². The number of nitrogens with zero attached hydrogens (tertiary/aromatic N) is 3. The number of thiophene rings is 1. The van der Waals surface area contributed by atoms with Crippen LogP contribution >= 0.6 is 11.3 Å². The summed E-state index contributed by atoms with van der Waals surface area (Å²) in [6, 6.07) is 10.00. The standard InChI is InChI=1S/C20H24N4O5S3/c1-15(2)19(22-31(26,27)18-8-5-13-30-18)20(25)23-9-11-24(12-10-23)32(28,29)17-7-4-3-6-16(17)14-21/h3-8,13,15,19,22H,9-12H2,1-2H3/t19-/m0/s1. The summed E-state index contributed by atoms with van der Waals surface area (Å²) in [5, 5.41) is 10.9.